The molecule has 2 aromatic rings. The molecule has 1 amide bonds. The van der Waals surface area contributed by atoms with Gasteiger partial charge in [0.05, 0.1) is 5.69 Å². The molecule has 1 aromatic carbocycles. The van der Waals surface area contributed by atoms with Crippen LogP contribution in [0.15, 0.2) is 35.6 Å². The minimum atomic E-state index is 0.166. The molecule has 1 aliphatic carbocycles. The SMILES string of the molecule is CCCCC1CCC(C(=O)Nc2cccc(-c3cn4c(n3)SCC4)c2)CC1. The second-order valence-corrected chi connectivity index (χ2v) is 8.94. The summed E-state index contributed by atoms with van der Waals surface area (Å²) < 4.78 is 2.21. The van der Waals surface area contributed by atoms with Gasteiger partial charge in [0.25, 0.3) is 0 Å². The van der Waals surface area contributed by atoms with Gasteiger partial charge in [-0.2, -0.15) is 0 Å². The van der Waals surface area contributed by atoms with Gasteiger partial charge >= 0.3 is 0 Å². The van der Waals surface area contributed by atoms with E-state index in [1.54, 1.807) is 11.8 Å². The molecule has 4 rings (SSSR count). The van der Waals surface area contributed by atoms with Crippen molar-refractivity contribution in [1.82, 2.24) is 9.55 Å². The van der Waals surface area contributed by atoms with Gasteiger partial charge < -0.3 is 9.88 Å². The van der Waals surface area contributed by atoms with Gasteiger partial charge in [-0.15, -0.1) is 0 Å². The summed E-state index contributed by atoms with van der Waals surface area (Å²) in [5.74, 6) is 2.29. The van der Waals surface area contributed by atoms with Crippen molar-refractivity contribution in [3.05, 3.63) is 30.5 Å². The fraction of sp³-hybridized carbons (Fsp3) is 0.545. The maximum atomic E-state index is 12.7. The average Bonchev–Trinajstić information content (AvgIpc) is 3.29. The molecule has 1 aliphatic heterocycles. The van der Waals surface area contributed by atoms with Crippen LogP contribution in [0, 0.1) is 11.8 Å². The summed E-state index contributed by atoms with van der Waals surface area (Å²) in [6.07, 6.45) is 10.5. The molecule has 1 saturated carbocycles. The van der Waals surface area contributed by atoms with E-state index >= 15 is 0 Å². The van der Waals surface area contributed by atoms with E-state index in [9.17, 15) is 4.79 Å². The predicted octanol–water partition coefficient (Wildman–Crippen LogP) is 5.59. The Morgan fingerprint density at radius 1 is 1.30 bits per heavy atom. The number of aryl methyl sites for hydroxylation is 1. The van der Waals surface area contributed by atoms with Crippen LogP contribution in [-0.2, 0) is 11.3 Å². The summed E-state index contributed by atoms with van der Waals surface area (Å²) >= 11 is 1.80. The molecule has 0 radical (unpaired) electrons. The number of fused-ring (bicyclic) bond motifs is 1. The number of nitrogens with zero attached hydrogens (tertiary/aromatic N) is 2. The lowest BCUT2D eigenvalue weighted by Gasteiger charge is -2.27. The Balaban J connectivity index is 1.36. The number of hydrogen-bond acceptors (Lipinski definition) is 3. The number of thioether (sulfide) groups is 1. The number of carbonyl (C=O) groups is 1. The normalized spacial score (nSPS) is 21.8. The maximum Gasteiger partial charge on any atom is 0.227 e. The van der Waals surface area contributed by atoms with Crippen molar-refractivity contribution in [1.29, 1.82) is 0 Å². The van der Waals surface area contributed by atoms with Crippen molar-refractivity contribution in [3.63, 3.8) is 0 Å². The summed E-state index contributed by atoms with van der Waals surface area (Å²) in [5.41, 5.74) is 2.94. The lowest BCUT2D eigenvalue weighted by Crippen LogP contribution is -2.27. The number of unbranched alkanes of at least 4 members (excludes halogenated alkanes) is 1. The van der Waals surface area contributed by atoms with Crippen molar-refractivity contribution >= 4 is 23.4 Å². The van der Waals surface area contributed by atoms with E-state index in [1.807, 2.05) is 18.2 Å². The van der Waals surface area contributed by atoms with Crippen molar-refractivity contribution in [2.75, 3.05) is 11.1 Å². The van der Waals surface area contributed by atoms with Gasteiger partial charge in [0.2, 0.25) is 5.91 Å². The fourth-order valence-corrected chi connectivity index (χ4v) is 5.20. The van der Waals surface area contributed by atoms with Crippen LogP contribution >= 0.6 is 11.8 Å². The molecule has 0 atom stereocenters. The Bertz CT molecular complexity index is 771. The van der Waals surface area contributed by atoms with E-state index in [-0.39, 0.29) is 11.8 Å². The number of rotatable bonds is 6. The number of amides is 1. The van der Waals surface area contributed by atoms with Gasteiger partial charge in [-0.1, -0.05) is 50.1 Å². The molecular formula is C22H29N3OS. The molecule has 27 heavy (non-hydrogen) atoms. The van der Waals surface area contributed by atoms with E-state index in [2.05, 4.69) is 29.1 Å². The molecular weight excluding hydrogens is 354 g/mol. The van der Waals surface area contributed by atoms with E-state index in [4.69, 9.17) is 4.98 Å². The quantitative estimate of drug-likeness (QED) is 0.707. The second kappa shape index (κ2) is 8.51. The minimum Gasteiger partial charge on any atom is -0.326 e. The predicted molar refractivity (Wildman–Crippen MR) is 112 cm³/mol. The Morgan fingerprint density at radius 3 is 2.93 bits per heavy atom. The molecule has 0 unspecified atom stereocenters. The summed E-state index contributed by atoms with van der Waals surface area (Å²) in [6, 6.07) is 8.10. The van der Waals surface area contributed by atoms with E-state index in [0.717, 1.165) is 53.2 Å². The smallest absolute Gasteiger partial charge is 0.227 e. The number of imidazole rings is 1. The van der Waals surface area contributed by atoms with Crippen molar-refractivity contribution in [2.45, 2.75) is 63.6 Å². The summed E-state index contributed by atoms with van der Waals surface area (Å²) in [5, 5.41) is 4.25. The zero-order chi connectivity index (χ0) is 18.6. The third kappa shape index (κ3) is 4.40. The molecule has 0 bridgehead atoms. The first-order valence-corrected chi connectivity index (χ1v) is 11.3. The highest BCUT2D eigenvalue weighted by Gasteiger charge is 2.26. The zero-order valence-corrected chi connectivity index (χ0v) is 16.9. The average molecular weight is 384 g/mol. The minimum absolute atomic E-state index is 0.166. The van der Waals surface area contributed by atoms with Crippen LogP contribution in [0.1, 0.15) is 51.9 Å². The van der Waals surface area contributed by atoms with Gasteiger partial charge in [-0.25, -0.2) is 4.98 Å². The molecule has 1 aromatic heterocycles. The Kier molecular flexibility index (Phi) is 5.86. The molecule has 5 heteroatoms. The third-order valence-electron chi connectivity index (χ3n) is 5.91. The van der Waals surface area contributed by atoms with Gasteiger partial charge in [0.1, 0.15) is 0 Å². The standard InChI is InChI=1S/C22H29N3OS/c1-2-3-5-16-8-10-17(11-9-16)21(26)23-19-7-4-6-18(14-19)20-15-25-12-13-27-22(25)24-20/h4,6-7,14-17H,2-3,5,8-13H2,1H3,(H,23,26). The van der Waals surface area contributed by atoms with E-state index in [0.29, 0.717) is 0 Å². The Labute approximate surface area is 166 Å². The van der Waals surface area contributed by atoms with Gasteiger partial charge in [-0.05, 0) is 43.7 Å². The second-order valence-electron chi connectivity index (χ2n) is 7.88. The molecule has 2 aliphatic rings. The Morgan fingerprint density at radius 2 is 2.15 bits per heavy atom. The van der Waals surface area contributed by atoms with Crippen LogP contribution in [0.5, 0.6) is 0 Å². The van der Waals surface area contributed by atoms with Gasteiger partial charge in [-0.3, -0.25) is 4.79 Å². The molecule has 1 fully saturated rings. The third-order valence-corrected chi connectivity index (χ3v) is 6.88. The first kappa shape index (κ1) is 18.6. The van der Waals surface area contributed by atoms with Crippen molar-refractivity contribution in [2.24, 2.45) is 11.8 Å². The van der Waals surface area contributed by atoms with Crippen LogP contribution in [-0.4, -0.2) is 21.2 Å². The van der Waals surface area contributed by atoms with E-state index in [1.165, 1.54) is 32.1 Å². The molecule has 2 heterocycles. The van der Waals surface area contributed by atoms with Crippen LogP contribution in [0.2, 0.25) is 0 Å². The van der Waals surface area contributed by atoms with Crippen LogP contribution in [0.4, 0.5) is 5.69 Å². The largest absolute Gasteiger partial charge is 0.326 e. The van der Waals surface area contributed by atoms with Gasteiger partial charge in [0, 0.05) is 35.7 Å². The lowest BCUT2D eigenvalue weighted by molar-refractivity contribution is -0.121. The Hall–Kier alpha value is -1.75. The number of aromatic nitrogens is 2. The van der Waals surface area contributed by atoms with Crippen LogP contribution in [0.25, 0.3) is 11.3 Å². The summed E-state index contributed by atoms with van der Waals surface area (Å²) in [4.78, 5) is 17.4. The highest BCUT2D eigenvalue weighted by Crippen LogP contribution is 2.33. The maximum absolute atomic E-state index is 12.7. The fourth-order valence-electron chi connectivity index (χ4n) is 4.26. The number of nitrogens with one attached hydrogen (secondary N) is 1. The van der Waals surface area contributed by atoms with Crippen molar-refractivity contribution in [3.8, 4) is 11.3 Å². The first-order valence-electron chi connectivity index (χ1n) is 10.3. The monoisotopic (exact) mass is 383 g/mol. The molecule has 0 saturated heterocycles. The molecule has 0 spiro atoms. The van der Waals surface area contributed by atoms with E-state index < -0.39 is 0 Å². The van der Waals surface area contributed by atoms with Crippen LogP contribution < -0.4 is 5.32 Å². The van der Waals surface area contributed by atoms with Crippen LogP contribution in [0.3, 0.4) is 0 Å². The van der Waals surface area contributed by atoms with Crippen molar-refractivity contribution < 1.29 is 4.79 Å². The summed E-state index contributed by atoms with van der Waals surface area (Å²) in [7, 11) is 0. The number of anilines is 1. The van der Waals surface area contributed by atoms with Gasteiger partial charge in [0.15, 0.2) is 5.16 Å². The summed E-state index contributed by atoms with van der Waals surface area (Å²) in [6.45, 7) is 3.29. The number of hydrogen-bond donors (Lipinski definition) is 1. The zero-order valence-electron chi connectivity index (χ0n) is 16.1. The molecule has 1 N–H and O–H groups in total. The highest BCUT2D eigenvalue weighted by molar-refractivity contribution is 7.99. The number of carbonyl (C=O) groups excluding carboxylic acids is 1. The number of benzene rings is 1. The molecule has 144 valence electrons. The topological polar surface area (TPSA) is 46.9 Å². The highest BCUT2D eigenvalue weighted by atomic mass is 32.2. The lowest BCUT2D eigenvalue weighted by atomic mass is 9.79. The first-order chi connectivity index (χ1) is 13.2. The molecule has 4 nitrogen and oxygen atoms in total.